The van der Waals surface area contributed by atoms with E-state index in [2.05, 4.69) is 49.6 Å². The van der Waals surface area contributed by atoms with Crippen LogP contribution < -0.4 is 20.9 Å². The number of nitrogens with one attached hydrogen (secondary N) is 1. The van der Waals surface area contributed by atoms with Crippen molar-refractivity contribution in [2.45, 2.75) is 18.9 Å². The third-order valence-electron chi connectivity index (χ3n) is 4.60. The molecule has 1 fully saturated rings. The second-order valence-electron chi connectivity index (χ2n) is 6.61. The van der Waals surface area contributed by atoms with Crippen molar-refractivity contribution < 1.29 is 4.79 Å². The first-order chi connectivity index (χ1) is 12.4. The van der Waals surface area contributed by atoms with E-state index in [1.807, 2.05) is 14.1 Å². The molecule has 1 aliphatic heterocycles. The van der Waals surface area contributed by atoms with Gasteiger partial charge in [0, 0.05) is 44.6 Å². The highest BCUT2D eigenvalue weighted by Crippen LogP contribution is 2.25. The van der Waals surface area contributed by atoms with Gasteiger partial charge in [-0.3, -0.25) is 4.79 Å². The summed E-state index contributed by atoms with van der Waals surface area (Å²) in [7, 11) is 4.07. The van der Waals surface area contributed by atoms with Crippen LogP contribution in [0, 0.1) is 0 Å². The topological polar surface area (TPSA) is 87.4 Å². The summed E-state index contributed by atoms with van der Waals surface area (Å²) in [5, 5.41) is 11.2. The van der Waals surface area contributed by atoms with Crippen molar-refractivity contribution in [1.29, 1.82) is 0 Å². The SMILES string of the molecule is CN(C)c1ccc(N2CCC(Nc3nnc(Cl)cc3C(N)=O)CC2)cc1. The number of benzene rings is 1. The van der Waals surface area contributed by atoms with Gasteiger partial charge in [-0.1, -0.05) is 11.6 Å². The Morgan fingerprint density at radius 2 is 1.88 bits per heavy atom. The van der Waals surface area contributed by atoms with E-state index in [0.717, 1.165) is 25.9 Å². The fourth-order valence-corrected chi connectivity index (χ4v) is 3.25. The Morgan fingerprint density at radius 3 is 2.46 bits per heavy atom. The zero-order valence-corrected chi connectivity index (χ0v) is 15.7. The number of anilines is 3. The fourth-order valence-electron chi connectivity index (χ4n) is 3.10. The number of hydrogen-bond acceptors (Lipinski definition) is 6. The molecule has 0 spiro atoms. The molecule has 0 aliphatic carbocycles. The standard InChI is InChI=1S/C18H23ClN6O/c1-24(2)13-3-5-14(6-4-13)25-9-7-12(8-10-25)21-18-15(17(20)26)11-16(19)22-23-18/h3-6,11-12H,7-10H2,1-2H3,(H2,20,26)(H,21,23). The van der Waals surface area contributed by atoms with Crippen LogP contribution in [0.2, 0.25) is 5.15 Å². The minimum absolute atomic E-state index is 0.153. The van der Waals surface area contributed by atoms with Crippen LogP contribution in [0.15, 0.2) is 30.3 Å². The van der Waals surface area contributed by atoms with Crippen molar-refractivity contribution in [1.82, 2.24) is 10.2 Å². The summed E-state index contributed by atoms with van der Waals surface area (Å²) in [5.74, 6) is -0.168. The Labute approximate surface area is 158 Å². The number of amides is 1. The lowest BCUT2D eigenvalue weighted by molar-refractivity contribution is 0.100. The van der Waals surface area contributed by atoms with Crippen molar-refractivity contribution in [3.05, 3.63) is 41.0 Å². The van der Waals surface area contributed by atoms with E-state index in [4.69, 9.17) is 17.3 Å². The van der Waals surface area contributed by atoms with E-state index in [9.17, 15) is 4.79 Å². The van der Waals surface area contributed by atoms with Crippen molar-refractivity contribution in [2.75, 3.05) is 42.3 Å². The summed E-state index contributed by atoms with van der Waals surface area (Å²) in [5.41, 5.74) is 8.08. The number of aromatic nitrogens is 2. The average molecular weight is 375 g/mol. The summed E-state index contributed by atoms with van der Waals surface area (Å²) < 4.78 is 0. The summed E-state index contributed by atoms with van der Waals surface area (Å²) in [6, 6.07) is 10.2. The Morgan fingerprint density at radius 1 is 1.23 bits per heavy atom. The van der Waals surface area contributed by atoms with Crippen LogP contribution in [-0.4, -0.2) is 49.3 Å². The summed E-state index contributed by atoms with van der Waals surface area (Å²) in [6.45, 7) is 1.85. The van der Waals surface area contributed by atoms with Crippen molar-refractivity contribution in [2.24, 2.45) is 5.73 Å². The van der Waals surface area contributed by atoms with Gasteiger partial charge in [0.05, 0.1) is 5.56 Å². The van der Waals surface area contributed by atoms with Crippen LogP contribution in [0.25, 0.3) is 0 Å². The zero-order chi connectivity index (χ0) is 18.7. The monoisotopic (exact) mass is 374 g/mol. The van der Waals surface area contributed by atoms with Crippen LogP contribution in [0.4, 0.5) is 17.2 Å². The van der Waals surface area contributed by atoms with Gasteiger partial charge in [0.25, 0.3) is 5.91 Å². The summed E-state index contributed by atoms with van der Waals surface area (Å²) in [6.07, 6.45) is 1.86. The van der Waals surface area contributed by atoms with Gasteiger partial charge >= 0.3 is 0 Å². The number of halogens is 1. The number of rotatable bonds is 5. The highest BCUT2D eigenvalue weighted by molar-refractivity contribution is 6.29. The van der Waals surface area contributed by atoms with Crippen LogP contribution in [0.1, 0.15) is 23.2 Å². The lowest BCUT2D eigenvalue weighted by Gasteiger charge is -2.34. The summed E-state index contributed by atoms with van der Waals surface area (Å²) in [4.78, 5) is 16.0. The Balaban J connectivity index is 1.61. The minimum atomic E-state index is -0.567. The molecule has 1 aromatic heterocycles. The number of nitrogens with two attached hydrogens (primary N) is 1. The number of piperidine rings is 1. The molecular weight excluding hydrogens is 352 g/mol. The largest absolute Gasteiger partial charge is 0.378 e. The number of hydrogen-bond donors (Lipinski definition) is 2. The third kappa shape index (κ3) is 4.16. The number of primary amides is 1. The lowest BCUT2D eigenvalue weighted by atomic mass is 10.0. The molecule has 7 nitrogen and oxygen atoms in total. The smallest absolute Gasteiger partial charge is 0.252 e. The average Bonchev–Trinajstić information content (AvgIpc) is 2.64. The highest BCUT2D eigenvalue weighted by atomic mass is 35.5. The van der Waals surface area contributed by atoms with Crippen molar-refractivity contribution in [3.63, 3.8) is 0 Å². The Bertz CT molecular complexity index is 772. The van der Waals surface area contributed by atoms with E-state index >= 15 is 0 Å². The predicted octanol–water partition coefficient (Wildman–Crippen LogP) is 2.38. The maximum atomic E-state index is 11.6. The van der Waals surface area contributed by atoms with Gasteiger partial charge in [-0.25, -0.2) is 0 Å². The lowest BCUT2D eigenvalue weighted by Crippen LogP contribution is -2.39. The Kier molecular flexibility index (Phi) is 5.46. The first-order valence-corrected chi connectivity index (χ1v) is 8.93. The molecule has 3 N–H and O–H groups in total. The third-order valence-corrected chi connectivity index (χ3v) is 4.78. The molecule has 2 aromatic rings. The van der Waals surface area contributed by atoms with Gasteiger partial charge in [-0.15, -0.1) is 10.2 Å². The van der Waals surface area contributed by atoms with Crippen LogP contribution in [-0.2, 0) is 0 Å². The van der Waals surface area contributed by atoms with Gasteiger partial charge in [-0.05, 0) is 43.2 Å². The molecule has 1 aliphatic rings. The summed E-state index contributed by atoms with van der Waals surface area (Å²) >= 11 is 5.80. The molecule has 1 aromatic carbocycles. The molecule has 8 heteroatoms. The van der Waals surface area contributed by atoms with Crippen molar-refractivity contribution >= 4 is 34.7 Å². The minimum Gasteiger partial charge on any atom is -0.378 e. The molecule has 0 unspecified atom stereocenters. The van der Waals surface area contributed by atoms with Gasteiger partial charge in [0.1, 0.15) is 0 Å². The maximum Gasteiger partial charge on any atom is 0.252 e. The van der Waals surface area contributed by atoms with E-state index in [0.29, 0.717) is 5.82 Å². The zero-order valence-electron chi connectivity index (χ0n) is 14.9. The number of nitrogens with zero attached hydrogens (tertiary/aromatic N) is 4. The molecular formula is C18H23ClN6O. The first kappa shape index (κ1) is 18.3. The second kappa shape index (κ2) is 7.78. The quantitative estimate of drug-likeness (QED) is 0.835. The molecule has 2 heterocycles. The molecule has 0 radical (unpaired) electrons. The molecule has 0 atom stereocenters. The molecule has 0 saturated carbocycles. The molecule has 3 rings (SSSR count). The number of carbonyl (C=O) groups is 1. The molecule has 26 heavy (non-hydrogen) atoms. The van der Waals surface area contributed by atoms with Crippen molar-refractivity contribution in [3.8, 4) is 0 Å². The normalized spacial score (nSPS) is 15.0. The first-order valence-electron chi connectivity index (χ1n) is 8.56. The van der Waals surface area contributed by atoms with E-state index in [-0.39, 0.29) is 16.8 Å². The highest BCUT2D eigenvalue weighted by Gasteiger charge is 2.22. The molecule has 1 saturated heterocycles. The van der Waals surface area contributed by atoms with E-state index in [1.54, 1.807) is 0 Å². The number of carbonyl (C=O) groups excluding carboxylic acids is 1. The Hall–Kier alpha value is -2.54. The fraction of sp³-hybridized carbons (Fsp3) is 0.389. The van der Waals surface area contributed by atoms with E-state index < -0.39 is 5.91 Å². The maximum absolute atomic E-state index is 11.6. The van der Waals surface area contributed by atoms with Gasteiger partial charge in [0.15, 0.2) is 11.0 Å². The van der Waals surface area contributed by atoms with Crippen LogP contribution in [0.3, 0.4) is 0 Å². The molecule has 0 bridgehead atoms. The van der Waals surface area contributed by atoms with E-state index in [1.165, 1.54) is 17.4 Å². The van der Waals surface area contributed by atoms with Gasteiger partial charge in [-0.2, -0.15) is 0 Å². The second-order valence-corrected chi connectivity index (χ2v) is 7.00. The van der Waals surface area contributed by atoms with Crippen LogP contribution >= 0.6 is 11.6 Å². The predicted molar refractivity (Wildman–Crippen MR) is 105 cm³/mol. The van der Waals surface area contributed by atoms with Gasteiger partial charge < -0.3 is 20.9 Å². The molecule has 1 amide bonds. The van der Waals surface area contributed by atoms with Crippen LogP contribution in [0.5, 0.6) is 0 Å². The molecule has 138 valence electrons. The van der Waals surface area contributed by atoms with Gasteiger partial charge in [0.2, 0.25) is 0 Å².